The maximum atomic E-state index is 15.9. The average molecular weight is 690 g/mol. The van der Waals surface area contributed by atoms with Crippen molar-refractivity contribution in [3.8, 4) is 0 Å². The minimum Gasteiger partial charge on any atom is -0.382 e. The normalized spacial score (nSPS) is 35.0. The average Bonchev–Trinajstić information content (AvgIpc) is 3.75. The molecule has 46 heavy (non-hydrogen) atoms. The van der Waals surface area contributed by atoms with Crippen LogP contribution in [0, 0.1) is 0 Å². The SMILES string of the molecule is CO[C@H]1[C@H]2OP(=O)(O)OC[C@H]3OC(n4cnc5c(N)ncnc54)[C@H](F)[C@@H]3OS(=O)(=O)NC[C@H]1O[C@H]2n1cnc2c(=O)[nH]c(N)nc21. The molecule has 22 nitrogen and oxygen atoms in total. The van der Waals surface area contributed by atoms with Crippen molar-refractivity contribution in [3.63, 3.8) is 0 Å². The summed E-state index contributed by atoms with van der Waals surface area (Å²) in [6.07, 6.45) is -9.06. The first-order valence-electron chi connectivity index (χ1n) is 13.3. The van der Waals surface area contributed by atoms with Crippen LogP contribution in [0.4, 0.5) is 16.2 Å². The van der Waals surface area contributed by atoms with E-state index in [9.17, 15) is 22.7 Å². The predicted molar refractivity (Wildman–Crippen MR) is 148 cm³/mol. The highest BCUT2D eigenvalue weighted by molar-refractivity contribution is 7.84. The third kappa shape index (κ3) is 5.30. The lowest BCUT2D eigenvalue weighted by Crippen LogP contribution is -2.44. The molecule has 0 radical (unpaired) electrons. The van der Waals surface area contributed by atoms with E-state index in [0.717, 1.165) is 23.5 Å². The number of H-pyrrole nitrogens is 1. The summed E-state index contributed by atoms with van der Waals surface area (Å²) in [6, 6.07) is 0. The molecule has 248 valence electrons. The Balaban J connectivity index is 1.22. The molecule has 0 aliphatic carbocycles. The van der Waals surface area contributed by atoms with Crippen molar-refractivity contribution in [2.24, 2.45) is 0 Å². The summed E-state index contributed by atoms with van der Waals surface area (Å²) >= 11 is 0. The van der Waals surface area contributed by atoms with E-state index in [1.165, 1.54) is 11.7 Å². The second-order valence-corrected chi connectivity index (χ2v) is 13.1. The standard InChI is InChI=1S/C21H25FN11O11PS/c1-39-13-7-2-29-46(37,38)44-12-8(42-19(9(12)22)32-5-27-10-15(23)25-4-26-16(10)32)3-40-45(35,36)43-14(13)20(41-7)33-6-28-11-17(33)30-21(24)31-18(11)34/h4-9,12-14,19-20,29H,2-3H2,1H3,(H,35,36)(H2,23,25,26)(H3,24,30,31,34)/t7-,8-,9-,12-,13-,14-,19?,20-/m1/s1. The van der Waals surface area contributed by atoms with Crippen LogP contribution in [-0.4, -0.2) is 109 Å². The summed E-state index contributed by atoms with van der Waals surface area (Å²) in [5, 5.41) is 0. The molecule has 7 heterocycles. The van der Waals surface area contributed by atoms with E-state index in [-0.39, 0.29) is 34.1 Å². The van der Waals surface area contributed by atoms with E-state index in [1.54, 1.807) is 0 Å². The van der Waals surface area contributed by atoms with Crippen molar-refractivity contribution in [3.05, 3.63) is 29.3 Å². The zero-order chi connectivity index (χ0) is 32.5. The zero-order valence-electron chi connectivity index (χ0n) is 23.3. The number of methoxy groups -OCH3 is 1. The van der Waals surface area contributed by atoms with E-state index in [4.69, 9.17) is 38.9 Å². The van der Waals surface area contributed by atoms with Crippen molar-refractivity contribution >= 4 is 52.2 Å². The number of rotatable bonds is 3. The van der Waals surface area contributed by atoms with E-state index >= 15 is 4.39 Å². The predicted octanol–water partition coefficient (Wildman–Crippen LogP) is -1.99. The van der Waals surface area contributed by atoms with E-state index < -0.39 is 86.0 Å². The number of imidazole rings is 2. The number of nitrogens with two attached hydrogens (primary N) is 2. The van der Waals surface area contributed by atoms with Crippen LogP contribution in [0.15, 0.2) is 23.8 Å². The Morgan fingerprint density at radius 1 is 1.07 bits per heavy atom. The van der Waals surface area contributed by atoms with Crippen LogP contribution in [0.5, 0.6) is 0 Å². The monoisotopic (exact) mass is 689 g/mol. The maximum Gasteiger partial charge on any atom is 0.472 e. The quantitative estimate of drug-likeness (QED) is 0.145. The van der Waals surface area contributed by atoms with Crippen LogP contribution in [-0.2, 0) is 42.3 Å². The molecule has 3 aliphatic heterocycles. The van der Waals surface area contributed by atoms with Crippen LogP contribution in [0.1, 0.15) is 12.5 Å². The van der Waals surface area contributed by atoms with E-state index in [0.29, 0.717) is 0 Å². The van der Waals surface area contributed by atoms with Crippen LogP contribution < -0.4 is 21.7 Å². The molecule has 0 saturated carbocycles. The highest BCUT2D eigenvalue weighted by atomic mass is 32.2. The summed E-state index contributed by atoms with van der Waals surface area (Å²) in [6.45, 7) is -1.42. The Hall–Kier alpha value is -3.71. The summed E-state index contributed by atoms with van der Waals surface area (Å²) in [5.41, 5.74) is 10.8. The molecular weight excluding hydrogens is 664 g/mol. The second-order valence-electron chi connectivity index (χ2n) is 10.3. The van der Waals surface area contributed by atoms with Gasteiger partial charge in [0.15, 0.2) is 41.3 Å². The number of ether oxygens (including phenoxy) is 3. The lowest BCUT2D eigenvalue weighted by molar-refractivity contribution is -0.0568. The van der Waals surface area contributed by atoms with Gasteiger partial charge in [0, 0.05) is 13.7 Å². The van der Waals surface area contributed by atoms with Crippen molar-refractivity contribution < 1.29 is 49.7 Å². The molecule has 2 unspecified atom stereocenters. The molecule has 3 aliphatic rings. The fourth-order valence-corrected chi connectivity index (χ4v) is 7.45. The van der Waals surface area contributed by atoms with E-state index in [2.05, 4.69) is 34.6 Å². The number of hydrogen-bond acceptors (Lipinski definition) is 17. The first kappa shape index (κ1) is 30.9. The first-order chi connectivity index (χ1) is 21.9. The summed E-state index contributed by atoms with van der Waals surface area (Å²) in [7, 11) is -8.61. The van der Waals surface area contributed by atoms with Crippen molar-refractivity contribution in [2.45, 2.75) is 49.1 Å². The molecule has 3 saturated heterocycles. The van der Waals surface area contributed by atoms with E-state index in [1.807, 2.05) is 0 Å². The van der Waals surface area contributed by atoms with Gasteiger partial charge in [0.1, 0.15) is 42.4 Å². The Labute approximate surface area is 256 Å². The highest BCUT2D eigenvalue weighted by Crippen LogP contribution is 2.51. The number of hydrogen-bond donors (Lipinski definition) is 5. The van der Waals surface area contributed by atoms with Crippen molar-refractivity contribution in [2.75, 3.05) is 31.7 Å². The van der Waals surface area contributed by atoms with Gasteiger partial charge >= 0.3 is 18.1 Å². The van der Waals surface area contributed by atoms with Crippen LogP contribution in [0.25, 0.3) is 22.3 Å². The number of nitrogens with zero attached hydrogens (tertiary/aromatic N) is 7. The lowest BCUT2D eigenvalue weighted by atomic mass is 10.1. The van der Waals surface area contributed by atoms with Gasteiger partial charge in [-0.2, -0.15) is 18.1 Å². The number of aromatic amines is 1. The molecule has 4 aromatic heterocycles. The van der Waals surface area contributed by atoms with Gasteiger partial charge in [-0.15, -0.1) is 0 Å². The van der Waals surface area contributed by atoms with Gasteiger partial charge in [-0.25, -0.2) is 33.1 Å². The molecule has 9 atom stereocenters. The van der Waals surface area contributed by atoms with Gasteiger partial charge < -0.3 is 30.6 Å². The Kier molecular flexibility index (Phi) is 7.54. The molecule has 7 N–H and O–H groups in total. The highest BCUT2D eigenvalue weighted by Gasteiger charge is 2.54. The molecule has 0 amide bonds. The number of aromatic nitrogens is 8. The van der Waals surface area contributed by atoms with Gasteiger partial charge in [0.2, 0.25) is 5.95 Å². The smallest absolute Gasteiger partial charge is 0.382 e. The molecule has 0 aromatic carbocycles. The van der Waals surface area contributed by atoms with Crippen LogP contribution in [0.2, 0.25) is 0 Å². The molecule has 7 rings (SSSR count). The molecule has 25 heteroatoms. The number of nitrogens with one attached hydrogen (secondary N) is 2. The van der Waals surface area contributed by atoms with Gasteiger partial charge in [-0.05, 0) is 0 Å². The Morgan fingerprint density at radius 2 is 1.78 bits per heavy atom. The number of phosphoric ester groups is 1. The minimum atomic E-state index is -5.09. The molecule has 0 spiro atoms. The summed E-state index contributed by atoms with van der Waals surface area (Å²) in [5.74, 6) is -0.253. The maximum absolute atomic E-state index is 15.9. The molecule has 4 aromatic rings. The second kappa shape index (κ2) is 11.2. The topological polar surface area (TPSA) is 298 Å². The fourth-order valence-electron chi connectivity index (χ4n) is 5.56. The largest absolute Gasteiger partial charge is 0.472 e. The van der Waals surface area contributed by atoms with Gasteiger partial charge in [0.05, 0.1) is 19.3 Å². The van der Waals surface area contributed by atoms with Gasteiger partial charge in [-0.3, -0.25) is 28.0 Å². The van der Waals surface area contributed by atoms with Crippen LogP contribution >= 0.6 is 7.82 Å². The number of phosphoric acid groups is 1. The van der Waals surface area contributed by atoms with Crippen LogP contribution in [0.3, 0.4) is 0 Å². The number of alkyl halides is 1. The fraction of sp³-hybridized carbons (Fsp3) is 0.524. The zero-order valence-corrected chi connectivity index (χ0v) is 25.0. The first-order valence-corrected chi connectivity index (χ1v) is 16.2. The number of anilines is 2. The Bertz CT molecular complexity index is 2030. The van der Waals surface area contributed by atoms with Crippen molar-refractivity contribution in [1.82, 2.24) is 43.8 Å². The third-order valence-electron chi connectivity index (χ3n) is 7.57. The lowest BCUT2D eigenvalue weighted by Gasteiger charge is -2.26. The minimum absolute atomic E-state index is 0.00342. The third-order valence-corrected chi connectivity index (χ3v) is 9.55. The molecular formula is C21H25FN11O11PS. The summed E-state index contributed by atoms with van der Waals surface area (Å²) in [4.78, 5) is 45.4. The number of fused-ring (bicyclic) bond motifs is 5. The van der Waals surface area contributed by atoms with Crippen molar-refractivity contribution in [1.29, 1.82) is 0 Å². The Morgan fingerprint density at radius 3 is 2.54 bits per heavy atom. The molecule has 3 fully saturated rings. The molecule has 2 bridgehead atoms. The van der Waals surface area contributed by atoms with Gasteiger partial charge in [-0.1, -0.05) is 0 Å². The summed E-state index contributed by atoms with van der Waals surface area (Å²) < 4.78 is 93.1. The van der Waals surface area contributed by atoms with Gasteiger partial charge in [0.25, 0.3) is 5.56 Å². The number of halogens is 1. The number of nitrogen functional groups attached to an aromatic ring is 2.